The second kappa shape index (κ2) is 12.8. The van der Waals surface area contributed by atoms with Gasteiger partial charge < -0.3 is 37.3 Å². The summed E-state index contributed by atoms with van der Waals surface area (Å²) in [5.74, 6) is 2.05. The predicted molar refractivity (Wildman–Crippen MR) is 191 cm³/mol. The Hall–Kier alpha value is -5.94. The van der Waals surface area contributed by atoms with Gasteiger partial charge in [-0.2, -0.15) is 0 Å². The summed E-state index contributed by atoms with van der Waals surface area (Å²) in [5.41, 5.74) is 2.70. The van der Waals surface area contributed by atoms with Crippen molar-refractivity contribution in [3.63, 3.8) is 0 Å². The molecule has 50 heavy (non-hydrogen) atoms. The molecule has 0 N–H and O–H groups in total. The van der Waals surface area contributed by atoms with Crippen LogP contribution in [0.5, 0.6) is 17.2 Å². The third-order valence-corrected chi connectivity index (χ3v) is 8.62. The topological polar surface area (TPSA) is 116 Å². The van der Waals surface area contributed by atoms with Gasteiger partial charge in [-0.25, -0.2) is 0 Å². The first-order chi connectivity index (χ1) is 24.4. The third kappa shape index (κ3) is 5.45. The first-order valence-electron chi connectivity index (χ1n) is 15.7. The van der Waals surface area contributed by atoms with Crippen LogP contribution in [0, 0.1) is 0 Å². The normalized spacial score (nSPS) is 11.7. The van der Waals surface area contributed by atoms with Crippen LogP contribution >= 0.6 is 0 Å². The largest absolute Gasteiger partial charge is 0.468 e. The Bertz CT molecular complexity index is 2670. The van der Waals surface area contributed by atoms with Crippen molar-refractivity contribution in [1.82, 2.24) is 0 Å². The average molecular weight is 671 g/mol. The summed E-state index contributed by atoms with van der Waals surface area (Å²) < 4.78 is 45.6. The van der Waals surface area contributed by atoms with Crippen LogP contribution in [0.4, 0.5) is 0 Å². The van der Waals surface area contributed by atoms with E-state index in [0.717, 1.165) is 26.9 Å². The van der Waals surface area contributed by atoms with E-state index in [9.17, 15) is 9.59 Å². The fourth-order valence-electron chi connectivity index (χ4n) is 6.44. The molecule has 1 aromatic heterocycles. The van der Waals surface area contributed by atoms with Crippen molar-refractivity contribution >= 4 is 54.5 Å². The van der Waals surface area contributed by atoms with Crippen LogP contribution in [-0.2, 0) is 14.2 Å². The van der Waals surface area contributed by atoms with Gasteiger partial charge in [-0.15, -0.1) is 0 Å². The van der Waals surface area contributed by atoms with E-state index in [2.05, 4.69) is 0 Å². The van der Waals surface area contributed by atoms with Gasteiger partial charge in [0.05, 0.1) is 10.8 Å². The highest BCUT2D eigenvalue weighted by Crippen LogP contribution is 2.45. The second-order valence-electron chi connectivity index (χ2n) is 11.7. The highest BCUT2D eigenvalue weighted by Gasteiger charge is 2.24. The van der Waals surface area contributed by atoms with Gasteiger partial charge in [0.1, 0.15) is 39.8 Å². The maximum atomic E-state index is 14.7. The molecule has 1 aliphatic carbocycles. The molecule has 1 aliphatic heterocycles. The minimum Gasteiger partial charge on any atom is -0.468 e. The van der Waals surface area contributed by atoms with E-state index < -0.39 is 0 Å². The third-order valence-electron chi connectivity index (χ3n) is 8.62. The minimum absolute atomic E-state index is 0.0286. The van der Waals surface area contributed by atoms with Gasteiger partial charge in [0.15, 0.2) is 25.8 Å². The summed E-state index contributed by atoms with van der Waals surface area (Å²) >= 11 is 0. The zero-order valence-corrected chi connectivity index (χ0v) is 27.4. The van der Waals surface area contributed by atoms with E-state index in [1.165, 1.54) is 19.2 Å². The van der Waals surface area contributed by atoms with E-state index >= 15 is 0 Å². The minimum atomic E-state index is -0.223. The number of hydrogen-bond acceptors (Lipinski definition) is 10. The molecule has 0 saturated carbocycles. The van der Waals surface area contributed by atoms with Gasteiger partial charge in [-0.3, -0.25) is 9.59 Å². The summed E-state index contributed by atoms with van der Waals surface area (Å²) in [4.78, 5) is 27.2. The van der Waals surface area contributed by atoms with Crippen LogP contribution in [-0.4, -0.2) is 41.7 Å². The maximum absolute atomic E-state index is 14.7. The molecular weight excluding hydrogens is 640 g/mol. The molecule has 250 valence electrons. The van der Waals surface area contributed by atoms with Gasteiger partial charge in [0.2, 0.25) is 5.43 Å². The van der Waals surface area contributed by atoms with Crippen molar-refractivity contribution in [2.75, 3.05) is 41.7 Å². The monoisotopic (exact) mass is 670 g/mol. The number of rotatable bonds is 10. The van der Waals surface area contributed by atoms with Crippen molar-refractivity contribution in [1.29, 1.82) is 0 Å². The molecule has 2 aliphatic rings. The van der Waals surface area contributed by atoms with Gasteiger partial charge in [0, 0.05) is 60.9 Å². The number of fused-ring (bicyclic) bond motifs is 7. The van der Waals surface area contributed by atoms with E-state index in [4.69, 9.17) is 37.3 Å². The van der Waals surface area contributed by atoms with E-state index in [-0.39, 0.29) is 31.2 Å². The van der Waals surface area contributed by atoms with Crippen LogP contribution in [0.25, 0.3) is 76.9 Å². The zero-order valence-electron chi connectivity index (χ0n) is 27.4. The molecule has 10 nitrogen and oxygen atoms in total. The standard InChI is InChI=1S/C40H30O10/c1-43-19-46-26-7-4-22-14-32-34(15-24(22)13-26)49-35-16-25(41)6-10-30(35)37(32)33-17-28(48-21-45-3)18-36-38(33)39(42)31-9-5-23-12-27(47-20-44-2)8-11-29(23)40(31)50-36/h4-18H,19-21H2,1-3H3. The quantitative estimate of drug-likeness (QED) is 0.0803. The molecular formula is C40H30O10. The van der Waals surface area contributed by atoms with Crippen molar-refractivity contribution in [2.45, 2.75) is 0 Å². The Morgan fingerprint density at radius 2 is 1.20 bits per heavy atom. The summed E-state index contributed by atoms with van der Waals surface area (Å²) in [6.45, 7) is 0.187. The molecule has 6 aromatic rings. The first kappa shape index (κ1) is 31.3. The van der Waals surface area contributed by atoms with E-state index in [0.29, 0.717) is 67.2 Å². The van der Waals surface area contributed by atoms with Crippen molar-refractivity contribution in [2.24, 2.45) is 0 Å². The Morgan fingerprint density at radius 3 is 1.96 bits per heavy atom. The summed E-state index contributed by atoms with van der Waals surface area (Å²) in [6, 6.07) is 26.9. The molecule has 8 rings (SSSR count). The number of benzene rings is 6. The zero-order chi connectivity index (χ0) is 34.4. The van der Waals surface area contributed by atoms with Crippen LogP contribution < -0.4 is 25.1 Å². The van der Waals surface area contributed by atoms with Crippen LogP contribution in [0.3, 0.4) is 0 Å². The molecule has 2 heterocycles. The molecule has 0 fully saturated rings. The fraction of sp³-hybridized carbons (Fsp3) is 0.150. The molecule has 0 bridgehead atoms. The molecule has 0 saturated heterocycles. The summed E-state index contributed by atoms with van der Waals surface area (Å²) in [5, 5.41) is 4.83. The second-order valence-corrected chi connectivity index (χ2v) is 11.7. The molecule has 0 spiro atoms. The van der Waals surface area contributed by atoms with E-state index in [1.54, 1.807) is 38.5 Å². The molecule has 0 radical (unpaired) electrons. The first-order valence-corrected chi connectivity index (χ1v) is 15.7. The Morgan fingerprint density at radius 1 is 0.520 bits per heavy atom. The van der Waals surface area contributed by atoms with Gasteiger partial charge in [0.25, 0.3) is 0 Å². The van der Waals surface area contributed by atoms with Crippen LogP contribution in [0.2, 0.25) is 0 Å². The molecule has 0 unspecified atom stereocenters. The van der Waals surface area contributed by atoms with Crippen LogP contribution in [0.15, 0.2) is 109 Å². The average Bonchev–Trinajstić information content (AvgIpc) is 3.13. The van der Waals surface area contributed by atoms with E-state index in [1.807, 2.05) is 54.6 Å². The number of ether oxygens (including phenoxy) is 6. The predicted octanol–water partition coefficient (Wildman–Crippen LogP) is 8.08. The van der Waals surface area contributed by atoms with Gasteiger partial charge >= 0.3 is 0 Å². The lowest BCUT2D eigenvalue weighted by Crippen LogP contribution is -2.07. The molecule has 0 amide bonds. The molecule has 10 heteroatoms. The highest BCUT2D eigenvalue weighted by atomic mass is 16.7. The maximum Gasteiger partial charge on any atom is 0.201 e. The smallest absolute Gasteiger partial charge is 0.201 e. The van der Waals surface area contributed by atoms with Gasteiger partial charge in [-0.1, -0.05) is 12.1 Å². The summed E-state index contributed by atoms with van der Waals surface area (Å²) in [7, 11) is 4.65. The summed E-state index contributed by atoms with van der Waals surface area (Å²) in [6.07, 6.45) is 0. The lowest BCUT2D eigenvalue weighted by molar-refractivity contribution is 0.0510. The number of hydrogen-bond donors (Lipinski definition) is 0. The van der Waals surface area contributed by atoms with Crippen molar-refractivity contribution in [3.05, 3.63) is 111 Å². The highest BCUT2D eigenvalue weighted by molar-refractivity contribution is 6.14. The lowest BCUT2D eigenvalue weighted by Gasteiger charge is -2.18. The van der Waals surface area contributed by atoms with Crippen molar-refractivity contribution < 1.29 is 37.3 Å². The Balaban J connectivity index is 1.45. The van der Waals surface area contributed by atoms with Gasteiger partial charge in [-0.05, 0) is 82.9 Å². The van der Waals surface area contributed by atoms with Crippen molar-refractivity contribution in [3.8, 4) is 39.7 Å². The molecule has 5 aromatic carbocycles. The Labute approximate surface area is 284 Å². The molecule has 0 atom stereocenters. The SMILES string of the molecule is COCOc1ccc2cc3c(-c4cc(OCOC)cc5oc6c(ccc7cc(OCOC)ccc76)c(=O)c45)c4ccc(=O)cc-4oc3cc2c1. The number of methoxy groups -OCH3 is 3. The fourth-order valence-corrected chi connectivity index (χ4v) is 6.44. The Kier molecular flexibility index (Phi) is 8.04. The van der Waals surface area contributed by atoms with Crippen LogP contribution in [0.1, 0.15) is 0 Å². The lowest BCUT2D eigenvalue weighted by atomic mass is 9.90.